The maximum Gasteiger partial charge on any atom is 0.116 e. The van der Waals surface area contributed by atoms with Gasteiger partial charge in [-0.1, -0.05) is 0 Å². The van der Waals surface area contributed by atoms with Crippen molar-refractivity contribution in [1.82, 2.24) is 4.98 Å². The van der Waals surface area contributed by atoms with E-state index in [1.807, 2.05) is 18.2 Å². The Balaban J connectivity index is 2.25. The Labute approximate surface area is 77.0 Å². The fraction of sp³-hybridized carbons (Fsp3) is 0.333. The first kappa shape index (κ1) is 9.65. The highest BCUT2D eigenvalue weighted by Gasteiger charge is 1.99. The molecule has 4 nitrogen and oxygen atoms in total. The van der Waals surface area contributed by atoms with Crippen LogP contribution in [0.5, 0.6) is 0 Å². The molecule has 0 fully saturated rings. The van der Waals surface area contributed by atoms with Crippen molar-refractivity contribution in [3.63, 3.8) is 0 Å². The second kappa shape index (κ2) is 5.25. The van der Waals surface area contributed by atoms with E-state index < -0.39 is 6.04 Å². The third-order valence-corrected chi connectivity index (χ3v) is 1.48. The number of nitriles is 1. The van der Waals surface area contributed by atoms with Gasteiger partial charge in [0.05, 0.1) is 19.3 Å². The number of pyridine rings is 1. The van der Waals surface area contributed by atoms with E-state index in [0.29, 0.717) is 6.61 Å². The van der Waals surface area contributed by atoms with Crippen molar-refractivity contribution in [2.75, 3.05) is 6.61 Å². The number of aromatic nitrogens is 1. The number of hydrogen-bond acceptors (Lipinski definition) is 4. The maximum atomic E-state index is 8.37. The lowest BCUT2D eigenvalue weighted by Crippen LogP contribution is -2.23. The highest BCUT2D eigenvalue weighted by atomic mass is 16.5. The monoisotopic (exact) mass is 177 g/mol. The molecule has 1 rings (SSSR count). The van der Waals surface area contributed by atoms with Crippen LogP contribution in [0.4, 0.5) is 0 Å². The summed E-state index contributed by atoms with van der Waals surface area (Å²) in [4.78, 5) is 3.87. The summed E-state index contributed by atoms with van der Waals surface area (Å²) in [5.41, 5.74) is 6.37. The molecule has 0 saturated heterocycles. The quantitative estimate of drug-likeness (QED) is 0.724. The third kappa shape index (κ3) is 3.65. The Hall–Kier alpha value is -1.44. The number of hydrogen-bond donors (Lipinski definition) is 1. The lowest BCUT2D eigenvalue weighted by Gasteiger charge is -2.04. The van der Waals surface area contributed by atoms with Gasteiger partial charge >= 0.3 is 0 Å². The Kier molecular flexibility index (Phi) is 3.89. The summed E-state index contributed by atoms with van der Waals surface area (Å²) in [6.45, 7) is 0.733. The van der Waals surface area contributed by atoms with Gasteiger partial charge in [-0.05, 0) is 17.7 Å². The summed E-state index contributed by atoms with van der Waals surface area (Å²) < 4.78 is 5.20. The molecule has 0 aromatic carbocycles. The summed E-state index contributed by atoms with van der Waals surface area (Å²) in [7, 11) is 0. The summed E-state index contributed by atoms with van der Waals surface area (Å²) in [6.07, 6.45) is 3.39. The minimum atomic E-state index is -0.540. The second-order valence-corrected chi connectivity index (χ2v) is 2.61. The number of rotatable bonds is 4. The van der Waals surface area contributed by atoms with Gasteiger partial charge in [0.1, 0.15) is 6.04 Å². The molecule has 2 N–H and O–H groups in total. The van der Waals surface area contributed by atoms with Crippen LogP contribution in [0.1, 0.15) is 5.56 Å². The molecule has 1 unspecified atom stereocenters. The molecule has 4 heteroatoms. The van der Waals surface area contributed by atoms with Crippen LogP contribution >= 0.6 is 0 Å². The molecule has 1 atom stereocenters. The lowest BCUT2D eigenvalue weighted by atomic mass is 10.3. The van der Waals surface area contributed by atoms with E-state index in [4.69, 9.17) is 15.7 Å². The minimum absolute atomic E-state index is 0.263. The zero-order valence-electron chi connectivity index (χ0n) is 7.18. The standard InChI is InChI=1S/C9H11N3O/c10-5-9(11)7-13-6-8-1-3-12-4-2-8/h1-4,9H,6-7,11H2. The van der Waals surface area contributed by atoms with Crippen molar-refractivity contribution >= 4 is 0 Å². The summed E-state index contributed by atoms with van der Waals surface area (Å²) in [5.74, 6) is 0. The Morgan fingerprint density at radius 3 is 2.85 bits per heavy atom. The van der Waals surface area contributed by atoms with Gasteiger partial charge < -0.3 is 10.5 Å². The van der Waals surface area contributed by atoms with Crippen molar-refractivity contribution in [3.8, 4) is 6.07 Å². The van der Waals surface area contributed by atoms with Gasteiger partial charge in [0.2, 0.25) is 0 Å². The zero-order valence-corrected chi connectivity index (χ0v) is 7.18. The van der Waals surface area contributed by atoms with E-state index in [9.17, 15) is 0 Å². The van der Waals surface area contributed by atoms with Crippen LogP contribution in [0.15, 0.2) is 24.5 Å². The molecular formula is C9H11N3O. The van der Waals surface area contributed by atoms with Gasteiger partial charge in [-0.15, -0.1) is 0 Å². The van der Waals surface area contributed by atoms with Crippen molar-refractivity contribution in [3.05, 3.63) is 30.1 Å². The molecular weight excluding hydrogens is 166 g/mol. The molecule has 0 bridgehead atoms. The van der Waals surface area contributed by atoms with E-state index in [0.717, 1.165) is 5.56 Å². The predicted molar refractivity (Wildman–Crippen MR) is 47.5 cm³/mol. The lowest BCUT2D eigenvalue weighted by molar-refractivity contribution is 0.117. The molecule has 13 heavy (non-hydrogen) atoms. The zero-order chi connectivity index (χ0) is 9.52. The Bertz CT molecular complexity index is 281. The molecule has 1 heterocycles. The van der Waals surface area contributed by atoms with E-state index in [2.05, 4.69) is 4.98 Å². The van der Waals surface area contributed by atoms with Gasteiger partial charge in [0.15, 0.2) is 0 Å². The SMILES string of the molecule is N#CC(N)COCc1ccncc1. The van der Waals surface area contributed by atoms with Gasteiger partial charge in [-0.3, -0.25) is 4.98 Å². The largest absolute Gasteiger partial charge is 0.374 e. The van der Waals surface area contributed by atoms with Crippen molar-refractivity contribution < 1.29 is 4.74 Å². The van der Waals surface area contributed by atoms with Crippen LogP contribution in [0.25, 0.3) is 0 Å². The van der Waals surface area contributed by atoms with E-state index in [-0.39, 0.29) is 6.61 Å². The smallest absolute Gasteiger partial charge is 0.116 e. The first-order valence-electron chi connectivity index (χ1n) is 3.95. The number of nitrogens with zero attached hydrogens (tertiary/aromatic N) is 2. The van der Waals surface area contributed by atoms with Gasteiger partial charge in [0.25, 0.3) is 0 Å². The summed E-state index contributed by atoms with van der Waals surface area (Å²) in [5, 5.41) is 8.37. The van der Waals surface area contributed by atoms with Crippen LogP contribution in [0.3, 0.4) is 0 Å². The van der Waals surface area contributed by atoms with Gasteiger partial charge in [-0.2, -0.15) is 5.26 Å². The minimum Gasteiger partial charge on any atom is -0.374 e. The molecule has 0 spiro atoms. The Morgan fingerprint density at radius 2 is 2.23 bits per heavy atom. The normalized spacial score (nSPS) is 12.0. The van der Waals surface area contributed by atoms with Crippen molar-refractivity contribution in [2.45, 2.75) is 12.6 Å². The van der Waals surface area contributed by atoms with Crippen LogP contribution in [0.2, 0.25) is 0 Å². The Morgan fingerprint density at radius 1 is 1.54 bits per heavy atom. The molecule has 0 radical (unpaired) electrons. The van der Waals surface area contributed by atoms with Gasteiger partial charge in [0, 0.05) is 12.4 Å². The predicted octanol–water partition coefficient (Wildman–Crippen LogP) is 0.449. The average molecular weight is 177 g/mol. The highest BCUT2D eigenvalue weighted by molar-refractivity contribution is 5.07. The molecule has 0 aliphatic rings. The number of ether oxygens (including phenoxy) is 1. The first-order valence-corrected chi connectivity index (χ1v) is 3.95. The molecule has 68 valence electrons. The molecule has 0 aliphatic heterocycles. The molecule has 0 aliphatic carbocycles. The van der Waals surface area contributed by atoms with Crippen molar-refractivity contribution in [1.29, 1.82) is 5.26 Å². The van der Waals surface area contributed by atoms with Gasteiger partial charge in [-0.25, -0.2) is 0 Å². The fourth-order valence-corrected chi connectivity index (χ4v) is 0.820. The van der Waals surface area contributed by atoms with Crippen LogP contribution in [-0.4, -0.2) is 17.6 Å². The van der Waals surface area contributed by atoms with E-state index >= 15 is 0 Å². The van der Waals surface area contributed by atoms with E-state index in [1.165, 1.54) is 0 Å². The van der Waals surface area contributed by atoms with Crippen LogP contribution in [-0.2, 0) is 11.3 Å². The molecule has 1 aromatic rings. The first-order chi connectivity index (χ1) is 6.33. The second-order valence-electron chi connectivity index (χ2n) is 2.61. The topological polar surface area (TPSA) is 71.9 Å². The third-order valence-electron chi connectivity index (χ3n) is 1.48. The number of nitrogens with two attached hydrogens (primary N) is 1. The average Bonchev–Trinajstić information content (AvgIpc) is 2.19. The van der Waals surface area contributed by atoms with Crippen molar-refractivity contribution in [2.24, 2.45) is 5.73 Å². The summed E-state index contributed by atoms with van der Waals surface area (Å²) >= 11 is 0. The maximum absolute atomic E-state index is 8.37. The van der Waals surface area contributed by atoms with Crippen LogP contribution < -0.4 is 5.73 Å². The van der Waals surface area contributed by atoms with Crippen LogP contribution in [0, 0.1) is 11.3 Å². The summed E-state index contributed by atoms with van der Waals surface area (Å²) in [6, 6.07) is 5.07. The molecule has 1 aromatic heterocycles. The molecule has 0 amide bonds. The fourth-order valence-electron chi connectivity index (χ4n) is 0.820. The molecule has 0 saturated carbocycles. The highest BCUT2D eigenvalue weighted by Crippen LogP contribution is 1.98. The van der Waals surface area contributed by atoms with E-state index in [1.54, 1.807) is 12.4 Å².